The van der Waals surface area contributed by atoms with E-state index in [2.05, 4.69) is 16.8 Å². The molecule has 1 atom stereocenters. The molecule has 1 heterocycles. The fourth-order valence-corrected chi connectivity index (χ4v) is 1.94. The van der Waals surface area contributed by atoms with E-state index in [0.29, 0.717) is 6.04 Å². The Morgan fingerprint density at radius 2 is 2.38 bits per heavy atom. The minimum atomic E-state index is 0.232. The molecule has 1 aromatic heterocycles. The summed E-state index contributed by atoms with van der Waals surface area (Å²) in [7, 11) is 2.01. The third-order valence-corrected chi connectivity index (χ3v) is 3.17. The molecule has 0 fully saturated rings. The Hall–Kier alpha value is -0.610. The SMILES string of the molecule is Cc1csc(N(C)C(C)CCO)n1. The molecule has 74 valence electrons. The van der Waals surface area contributed by atoms with Gasteiger partial charge in [-0.25, -0.2) is 4.98 Å². The summed E-state index contributed by atoms with van der Waals surface area (Å²) in [5.41, 5.74) is 1.06. The normalized spacial score (nSPS) is 12.9. The topological polar surface area (TPSA) is 36.4 Å². The van der Waals surface area contributed by atoms with Crippen molar-refractivity contribution in [1.29, 1.82) is 0 Å². The number of aliphatic hydroxyl groups is 1. The van der Waals surface area contributed by atoms with Gasteiger partial charge in [0.2, 0.25) is 0 Å². The Morgan fingerprint density at radius 1 is 1.69 bits per heavy atom. The lowest BCUT2D eigenvalue weighted by Gasteiger charge is -2.23. The predicted octanol–water partition coefficient (Wildman–Crippen LogP) is 1.66. The quantitative estimate of drug-likeness (QED) is 0.803. The van der Waals surface area contributed by atoms with Crippen molar-refractivity contribution in [2.24, 2.45) is 0 Å². The van der Waals surface area contributed by atoms with Gasteiger partial charge in [-0.05, 0) is 20.3 Å². The van der Waals surface area contributed by atoms with Crippen LogP contribution in [-0.4, -0.2) is 29.8 Å². The van der Waals surface area contributed by atoms with Crippen LogP contribution < -0.4 is 4.90 Å². The molecule has 1 rings (SSSR count). The largest absolute Gasteiger partial charge is 0.396 e. The monoisotopic (exact) mass is 200 g/mol. The van der Waals surface area contributed by atoms with E-state index in [1.54, 1.807) is 11.3 Å². The molecular weight excluding hydrogens is 184 g/mol. The number of aliphatic hydroxyl groups excluding tert-OH is 1. The smallest absolute Gasteiger partial charge is 0.185 e. The minimum Gasteiger partial charge on any atom is -0.396 e. The lowest BCUT2D eigenvalue weighted by molar-refractivity contribution is 0.277. The fourth-order valence-electron chi connectivity index (χ4n) is 1.07. The second-order valence-corrected chi connectivity index (χ2v) is 4.08. The number of thiazole rings is 1. The maximum absolute atomic E-state index is 8.79. The standard InChI is InChI=1S/C9H16N2OS/c1-7-6-13-9(10-7)11(3)8(2)4-5-12/h6,8,12H,4-5H2,1-3H3. The van der Waals surface area contributed by atoms with Gasteiger partial charge >= 0.3 is 0 Å². The maximum atomic E-state index is 8.79. The Kier molecular flexibility index (Phi) is 3.69. The van der Waals surface area contributed by atoms with E-state index in [1.807, 2.05) is 19.4 Å². The van der Waals surface area contributed by atoms with Crippen molar-refractivity contribution in [3.63, 3.8) is 0 Å². The van der Waals surface area contributed by atoms with Crippen LogP contribution in [0.3, 0.4) is 0 Å². The number of hydrogen-bond acceptors (Lipinski definition) is 4. The van der Waals surface area contributed by atoms with Crippen LogP contribution in [-0.2, 0) is 0 Å². The molecule has 0 amide bonds. The summed E-state index contributed by atoms with van der Waals surface area (Å²) >= 11 is 1.65. The molecule has 1 aromatic rings. The van der Waals surface area contributed by atoms with Gasteiger partial charge in [-0.2, -0.15) is 0 Å². The summed E-state index contributed by atoms with van der Waals surface area (Å²) < 4.78 is 0. The van der Waals surface area contributed by atoms with Crippen LogP contribution in [0.2, 0.25) is 0 Å². The highest BCUT2D eigenvalue weighted by atomic mass is 32.1. The predicted molar refractivity (Wildman–Crippen MR) is 56.4 cm³/mol. The molecule has 0 aliphatic carbocycles. The molecule has 1 unspecified atom stereocenters. The molecule has 0 spiro atoms. The van der Waals surface area contributed by atoms with E-state index in [9.17, 15) is 0 Å². The van der Waals surface area contributed by atoms with E-state index in [0.717, 1.165) is 17.2 Å². The van der Waals surface area contributed by atoms with Crippen LogP contribution in [0.5, 0.6) is 0 Å². The first-order valence-electron chi connectivity index (χ1n) is 4.41. The average molecular weight is 200 g/mol. The molecule has 1 N–H and O–H groups in total. The Balaban J connectivity index is 2.61. The van der Waals surface area contributed by atoms with Gasteiger partial charge in [-0.15, -0.1) is 11.3 Å². The average Bonchev–Trinajstić information content (AvgIpc) is 2.51. The van der Waals surface area contributed by atoms with Crippen LogP contribution in [0, 0.1) is 6.92 Å². The van der Waals surface area contributed by atoms with Crippen molar-refractivity contribution >= 4 is 16.5 Å². The van der Waals surface area contributed by atoms with Gasteiger partial charge in [0.15, 0.2) is 5.13 Å². The molecule has 0 aromatic carbocycles. The lowest BCUT2D eigenvalue weighted by Crippen LogP contribution is -2.29. The summed E-state index contributed by atoms with van der Waals surface area (Å²) in [4.78, 5) is 6.48. The third kappa shape index (κ3) is 2.67. The number of hydrogen-bond donors (Lipinski definition) is 1. The Labute approximate surface area is 83.0 Å². The summed E-state index contributed by atoms with van der Waals surface area (Å²) in [5.74, 6) is 0. The van der Waals surface area contributed by atoms with Gasteiger partial charge in [-0.1, -0.05) is 0 Å². The van der Waals surface area contributed by atoms with E-state index in [1.165, 1.54) is 0 Å². The van der Waals surface area contributed by atoms with Crippen LogP contribution >= 0.6 is 11.3 Å². The molecule has 0 saturated carbocycles. The highest BCUT2D eigenvalue weighted by molar-refractivity contribution is 7.13. The van der Waals surface area contributed by atoms with Gasteiger partial charge in [0, 0.05) is 25.1 Å². The zero-order chi connectivity index (χ0) is 9.84. The fraction of sp³-hybridized carbons (Fsp3) is 0.667. The number of aromatic nitrogens is 1. The number of rotatable bonds is 4. The van der Waals surface area contributed by atoms with E-state index >= 15 is 0 Å². The molecule has 0 saturated heterocycles. The lowest BCUT2D eigenvalue weighted by atomic mass is 10.2. The van der Waals surface area contributed by atoms with Crippen LogP contribution in [0.15, 0.2) is 5.38 Å². The highest BCUT2D eigenvalue weighted by Gasteiger charge is 2.11. The first-order chi connectivity index (χ1) is 6.15. The Bertz CT molecular complexity index is 262. The Morgan fingerprint density at radius 3 is 2.85 bits per heavy atom. The molecule has 0 bridgehead atoms. The molecule has 0 aliphatic heterocycles. The molecule has 4 heteroatoms. The zero-order valence-electron chi connectivity index (χ0n) is 8.32. The van der Waals surface area contributed by atoms with E-state index < -0.39 is 0 Å². The summed E-state index contributed by atoms with van der Waals surface area (Å²) in [6.07, 6.45) is 0.787. The van der Waals surface area contributed by atoms with Crippen molar-refractivity contribution < 1.29 is 5.11 Å². The first-order valence-corrected chi connectivity index (χ1v) is 5.29. The highest BCUT2D eigenvalue weighted by Crippen LogP contribution is 2.21. The van der Waals surface area contributed by atoms with Gasteiger partial charge < -0.3 is 10.0 Å². The van der Waals surface area contributed by atoms with Crippen molar-refractivity contribution in [1.82, 2.24) is 4.98 Å². The minimum absolute atomic E-state index is 0.232. The second-order valence-electron chi connectivity index (χ2n) is 3.24. The van der Waals surface area contributed by atoms with Crippen molar-refractivity contribution in [2.75, 3.05) is 18.6 Å². The van der Waals surface area contributed by atoms with E-state index in [4.69, 9.17) is 5.11 Å². The maximum Gasteiger partial charge on any atom is 0.185 e. The number of aryl methyl sites for hydroxylation is 1. The van der Waals surface area contributed by atoms with Gasteiger partial charge in [-0.3, -0.25) is 0 Å². The van der Waals surface area contributed by atoms with Gasteiger partial charge in [0.25, 0.3) is 0 Å². The van der Waals surface area contributed by atoms with Crippen LogP contribution in [0.25, 0.3) is 0 Å². The molecule has 3 nitrogen and oxygen atoms in total. The summed E-state index contributed by atoms with van der Waals surface area (Å²) in [6, 6.07) is 0.343. The van der Waals surface area contributed by atoms with Crippen molar-refractivity contribution in [2.45, 2.75) is 26.3 Å². The van der Waals surface area contributed by atoms with Gasteiger partial charge in [0.05, 0.1) is 5.69 Å². The second kappa shape index (κ2) is 4.58. The van der Waals surface area contributed by atoms with Crippen molar-refractivity contribution in [3.8, 4) is 0 Å². The number of nitrogens with zero attached hydrogens (tertiary/aromatic N) is 2. The van der Waals surface area contributed by atoms with Crippen molar-refractivity contribution in [3.05, 3.63) is 11.1 Å². The number of anilines is 1. The van der Waals surface area contributed by atoms with Gasteiger partial charge in [0.1, 0.15) is 0 Å². The summed E-state index contributed by atoms with van der Waals surface area (Å²) in [5, 5.41) is 11.9. The van der Waals surface area contributed by atoms with Crippen LogP contribution in [0.4, 0.5) is 5.13 Å². The zero-order valence-corrected chi connectivity index (χ0v) is 9.14. The third-order valence-electron chi connectivity index (χ3n) is 2.12. The first kappa shape index (κ1) is 10.5. The van der Waals surface area contributed by atoms with Crippen LogP contribution in [0.1, 0.15) is 19.0 Å². The molecule has 0 aliphatic rings. The molecular formula is C9H16N2OS. The molecule has 0 radical (unpaired) electrons. The van der Waals surface area contributed by atoms with E-state index in [-0.39, 0.29) is 6.61 Å². The molecule has 13 heavy (non-hydrogen) atoms. The summed E-state index contributed by atoms with van der Waals surface area (Å²) in [6.45, 7) is 4.31.